The standard InChI is InChI=1S/C22H21N5O2S/c1-4-13-27-20(18-7-5-6-8-19(18)29-3)25-26-22(27)30-15(2)21(28)24-17-11-9-16(14-23)10-12-17/h4-12,15H,1,13H2,2-3H3,(H,24,28)/t15-/m1/s1. The van der Waals surface area contributed by atoms with E-state index in [-0.39, 0.29) is 5.91 Å². The van der Waals surface area contributed by atoms with Crippen molar-refractivity contribution < 1.29 is 9.53 Å². The molecule has 0 bridgehead atoms. The van der Waals surface area contributed by atoms with Gasteiger partial charge in [-0.15, -0.1) is 16.8 Å². The first-order valence-corrected chi connectivity index (χ1v) is 10.1. The smallest absolute Gasteiger partial charge is 0.237 e. The van der Waals surface area contributed by atoms with Crippen LogP contribution in [0.1, 0.15) is 12.5 Å². The van der Waals surface area contributed by atoms with Gasteiger partial charge in [0, 0.05) is 12.2 Å². The van der Waals surface area contributed by atoms with E-state index in [0.29, 0.717) is 34.5 Å². The van der Waals surface area contributed by atoms with Gasteiger partial charge in [0.25, 0.3) is 0 Å². The molecule has 1 N–H and O–H groups in total. The quantitative estimate of drug-likeness (QED) is 0.436. The topological polar surface area (TPSA) is 92.8 Å². The summed E-state index contributed by atoms with van der Waals surface area (Å²) in [6.45, 7) is 6.12. The first-order valence-electron chi connectivity index (χ1n) is 9.22. The first-order chi connectivity index (χ1) is 14.6. The third kappa shape index (κ3) is 4.70. The molecule has 0 unspecified atom stereocenters. The Kier molecular flexibility index (Phi) is 6.88. The molecule has 0 saturated carbocycles. The molecule has 0 aliphatic rings. The number of rotatable bonds is 8. The van der Waals surface area contributed by atoms with Crippen LogP contribution in [0.3, 0.4) is 0 Å². The van der Waals surface area contributed by atoms with Crippen LogP contribution in [0.2, 0.25) is 0 Å². The second-order valence-electron chi connectivity index (χ2n) is 6.34. The van der Waals surface area contributed by atoms with Crippen LogP contribution in [-0.2, 0) is 11.3 Å². The highest BCUT2D eigenvalue weighted by atomic mass is 32.2. The third-order valence-corrected chi connectivity index (χ3v) is 5.39. The Morgan fingerprint density at radius 2 is 2.03 bits per heavy atom. The monoisotopic (exact) mass is 419 g/mol. The molecule has 8 heteroatoms. The Labute approximate surface area is 179 Å². The summed E-state index contributed by atoms with van der Waals surface area (Å²) in [5.74, 6) is 1.17. The number of carbonyl (C=O) groups excluding carboxylic acids is 1. The summed E-state index contributed by atoms with van der Waals surface area (Å²) in [6.07, 6.45) is 1.76. The lowest BCUT2D eigenvalue weighted by Crippen LogP contribution is -2.23. The summed E-state index contributed by atoms with van der Waals surface area (Å²) < 4.78 is 7.35. The zero-order chi connectivity index (χ0) is 21.5. The molecule has 152 valence electrons. The van der Waals surface area contributed by atoms with Crippen molar-refractivity contribution in [2.24, 2.45) is 0 Å². The predicted molar refractivity (Wildman–Crippen MR) is 117 cm³/mol. The van der Waals surface area contributed by atoms with Crippen LogP contribution in [0.5, 0.6) is 5.75 Å². The van der Waals surface area contributed by atoms with Crippen LogP contribution in [0.4, 0.5) is 5.69 Å². The Bertz CT molecular complexity index is 1090. The minimum Gasteiger partial charge on any atom is -0.496 e. The minimum absolute atomic E-state index is 0.170. The Morgan fingerprint density at radius 3 is 2.70 bits per heavy atom. The SMILES string of the molecule is C=CCn1c(S[C@H](C)C(=O)Nc2ccc(C#N)cc2)nnc1-c1ccccc1OC. The van der Waals surface area contributed by atoms with Crippen LogP contribution >= 0.6 is 11.8 Å². The fraction of sp³-hybridized carbons (Fsp3) is 0.182. The van der Waals surface area contributed by atoms with E-state index in [1.54, 1.807) is 44.4 Å². The number of para-hydroxylation sites is 1. The summed E-state index contributed by atoms with van der Waals surface area (Å²) in [6, 6.07) is 16.4. The Hall–Kier alpha value is -3.57. The van der Waals surface area contributed by atoms with Crippen molar-refractivity contribution in [3.8, 4) is 23.2 Å². The molecule has 0 spiro atoms. The van der Waals surface area contributed by atoms with Gasteiger partial charge in [-0.1, -0.05) is 30.0 Å². The molecule has 30 heavy (non-hydrogen) atoms. The third-order valence-electron chi connectivity index (χ3n) is 4.31. The maximum atomic E-state index is 12.6. The van der Waals surface area contributed by atoms with E-state index >= 15 is 0 Å². The number of amides is 1. The van der Waals surface area contributed by atoms with Gasteiger partial charge in [0.1, 0.15) is 5.75 Å². The van der Waals surface area contributed by atoms with Gasteiger partial charge in [-0.3, -0.25) is 9.36 Å². The maximum Gasteiger partial charge on any atom is 0.237 e. The normalized spacial score (nSPS) is 11.4. The second kappa shape index (κ2) is 9.76. The van der Waals surface area contributed by atoms with Crippen molar-refractivity contribution in [3.63, 3.8) is 0 Å². The second-order valence-corrected chi connectivity index (χ2v) is 7.65. The van der Waals surface area contributed by atoms with Crippen molar-refractivity contribution in [2.45, 2.75) is 23.9 Å². The largest absolute Gasteiger partial charge is 0.496 e. The van der Waals surface area contributed by atoms with Crippen LogP contribution < -0.4 is 10.1 Å². The number of aromatic nitrogens is 3. The predicted octanol–water partition coefficient (Wildman–Crippen LogP) is 4.13. The number of hydrogen-bond donors (Lipinski definition) is 1. The lowest BCUT2D eigenvalue weighted by molar-refractivity contribution is -0.115. The zero-order valence-electron chi connectivity index (χ0n) is 16.7. The molecule has 1 amide bonds. The number of hydrogen-bond acceptors (Lipinski definition) is 6. The van der Waals surface area contributed by atoms with Gasteiger partial charge in [0.05, 0.1) is 29.6 Å². The number of thioether (sulfide) groups is 1. The van der Waals surface area contributed by atoms with E-state index in [9.17, 15) is 4.79 Å². The lowest BCUT2D eigenvalue weighted by atomic mass is 10.2. The Balaban J connectivity index is 1.80. The lowest BCUT2D eigenvalue weighted by Gasteiger charge is -2.13. The molecule has 1 atom stereocenters. The molecule has 3 aromatic rings. The minimum atomic E-state index is -0.418. The van der Waals surface area contributed by atoms with Crippen molar-refractivity contribution in [2.75, 3.05) is 12.4 Å². The fourth-order valence-corrected chi connectivity index (χ4v) is 3.64. The average Bonchev–Trinajstić information content (AvgIpc) is 3.16. The van der Waals surface area contributed by atoms with Gasteiger partial charge in [0.2, 0.25) is 5.91 Å². The van der Waals surface area contributed by atoms with Crippen LogP contribution in [0.15, 0.2) is 66.3 Å². The van der Waals surface area contributed by atoms with Gasteiger partial charge in [-0.25, -0.2) is 0 Å². The van der Waals surface area contributed by atoms with E-state index < -0.39 is 5.25 Å². The molecule has 0 aliphatic heterocycles. The molecule has 0 radical (unpaired) electrons. The molecule has 2 aromatic carbocycles. The van der Waals surface area contributed by atoms with Gasteiger partial charge < -0.3 is 10.1 Å². The highest BCUT2D eigenvalue weighted by Gasteiger charge is 2.21. The number of methoxy groups -OCH3 is 1. The summed E-state index contributed by atoms with van der Waals surface area (Å²) in [5.41, 5.74) is 1.99. The van der Waals surface area contributed by atoms with E-state index in [1.807, 2.05) is 28.8 Å². The number of nitrogens with one attached hydrogen (secondary N) is 1. The summed E-state index contributed by atoms with van der Waals surface area (Å²) >= 11 is 1.31. The molecule has 3 rings (SSSR count). The number of ether oxygens (including phenoxy) is 1. The molecular weight excluding hydrogens is 398 g/mol. The zero-order valence-corrected chi connectivity index (χ0v) is 17.5. The van der Waals surface area contributed by atoms with Crippen molar-refractivity contribution in [1.82, 2.24) is 14.8 Å². The summed E-state index contributed by atoms with van der Waals surface area (Å²) in [7, 11) is 1.61. The molecule has 0 fully saturated rings. The molecule has 7 nitrogen and oxygen atoms in total. The number of benzene rings is 2. The highest BCUT2D eigenvalue weighted by molar-refractivity contribution is 8.00. The summed E-state index contributed by atoms with van der Waals surface area (Å²) in [5, 5.41) is 20.6. The average molecular weight is 420 g/mol. The number of anilines is 1. The molecule has 1 aromatic heterocycles. The van der Waals surface area contributed by atoms with E-state index in [2.05, 4.69) is 28.2 Å². The van der Waals surface area contributed by atoms with Gasteiger partial charge in [-0.2, -0.15) is 5.26 Å². The van der Waals surface area contributed by atoms with E-state index in [1.165, 1.54) is 11.8 Å². The number of carbonyl (C=O) groups is 1. The van der Waals surface area contributed by atoms with Gasteiger partial charge in [-0.05, 0) is 43.3 Å². The van der Waals surface area contributed by atoms with E-state index in [4.69, 9.17) is 10.00 Å². The highest BCUT2D eigenvalue weighted by Crippen LogP contribution is 2.32. The molecule has 0 aliphatic carbocycles. The maximum absolute atomic E-state index is 12.6. The fourth-order valence-electron chi connectivity index (χ4n) is 2.78. The van der Waals surface area contributed by atoms with E-state index in [0.717, 1.165) is 5.56 Å². The van der Waals surface area contributed by atoms with Crippen LogP contribution in [-0.4, -0.2) is 33.0 Å². The first kappa shape index (κ1) is 21.1. The number of nitriles is 1. The van der Waals surface area contributed by atoms with Gasteiger partial charge in [0.15, 0.2) is 11.0 Å². The number of allylic oxidation sites excluding steroid dienone is 1. The number of nitrogens with zero attached hydrogens (tertiary/aromatic N) is 4. The van der Waals surface area contributed by atoms with Crippen molar-refractivity contribution >= 4 is 23.4 Å². The van der Waals surface area contributed by atoms with Crippen LogP contribution in [0.25, 0.3) is 11.4 Å². The van der Waals surface area contributed by atoms with Crippen molar-refractivity contribution in [3.05, 3.63) is 66.7 Å². The molecule has 1 heterocycles. The molecular formula is C22H21N5O2S. The Morgan fingerprint density at radius 1 is 1.30 bits per heavy atom. The summed E-state index contributed by atoms with van der Waals surface area (Å²) in [4.78, 5) is 12.6. The van der Waals surface area contributed by atoms with Crippen molar-refractivity contribution in [1.29, 1.82) is 5.26 Å². The van der Waals surface area contributed by atoms with Gasteiger partial charge >= 0.3 is 0 Å². The van der Waals surface area contributed by atoms with Crippen LogP contribution in [0, 0.1) is 11.3 Å². The molecule has 0 saturated heterocycles.